The predicted molar refractivity (Wildman–Crippen MR) is 70.9 cm³/mol. The summed E-state index contributed by atoms with van der Waals surface area (Å²) in [6.07, 6.45) is 0. The third kappa shape index (κ3) is 4.02. The molecule has 1 rings (SSSR count). The van der Waals surface area contributed by atoms with Crippen LogP contribution < -0.4 is 5.73 Å². The highest BCUT2D eigenvalue weighted by molar-refractivity contribution is 5.74. The molecule has 0 aliphatic heterocycles. The van der Waals surface area contributed by atoms with Gasteiger partial charge < -0.3 is 14.9 Å². The van der Waals surface area contributed by atoms with Gasteiger partial charge in [-0.1, -0.05) is 30.3 Å². The highest BCUT2D eigenvalue weighted by atomic mass is 16.6. The molecule has 0 fully saturated rings. The van der Waals surface area contributed by atoms with Crippen LogP contribution in [0.1, 0.15) is 26.3 Å². The molecule has 0 spiro atoms. The average molecular weight is 267 g/mol. The molecule has 5 heteroatoms. The molecule has 2 atom stereocenters. The normalized spacial score (nSPS) is 16.5. The molecule has 0 aromatic heterocycles. The van der Waals surface area contributed by atoms with Crippen LogP contribution in [0.25, 0.3) is 0 Å². The van der Waals surface area contributed by atoms with Crippen LogP contribution >= 0.6 is 0 Å². The van der Waals surface area contributed by atoms with E-state index in [4.69, 9.17) is 10.5 Å². The highest BCUT2D eigenvalue weighted by Crippen LogP contribution is 2.26. The summed E-state index contributed by atoms with van der Waals surface area (Å²) >= 11 is 0. The molecule has 0 unspecified atom stereocenters. The minimum Gasteiger partial charge on any atom is -0.460 e. The van der Waals surface area contributed by atoms with Gasteiger partial charge in [-0.3, -0.25) is 10.5 Å². The minimum absolute atomic E-state index is 0.347. The van der Waals surface area contributed by atoms with Crippen molar-refractivity contribution >= 4 is 5.97 Å². The van der Waals surface area contributed by atoms with Gasteiger partial charge in [0.25, 0.3) is 0 Å². The Morgan fingerprint density at radius 3 is 2.26 bits per heavy atom. The fraction of sp³-hybridized carbons (Fsp3) is 0.500. The Morgan fingerprint density at radius 1 is 1.32 bits per heavy atom. The van der Waals surface area contributed by atoms with Crippen molar-refractivity contribution in [2.24, 2.45) is 11.7 Å². The lowest BCUT2D eigenvalue weighted by molar-refractivity contribution is -0.173. The van der Waals surface area contributed by atoms with Gasteiger partial charge in [-0.15, -0.1) is 0 Å². The third-order valence-electron chi connectivity index (χ3n) is 2.64. The molecule has 0 aliphatic rings. The Hall–Kier alpha value is -1.43. The molecule has 1 aromatic carbocycles. The molecule has 5 nitrogen and oxygen atoms in total. The van der Waals surface area contributed by atoms with E-state index in [2.05, 4.69) is 0 Å². The zero-order valence-corrected chi connectivity index (χ0v) is 11.5. The van der Waals surface area contributed by atoms with Crippen LogP contribution in [-0.2, 0) is 15.3 Å². The van der Waals surface area contributed by atoms with Crippen LogP contribution in [-0.4, -0.2) is 28.4 Å². The Labute approximate surface area is 113 Å². The number of ether oxygens (including phenoxy) is 1. The van der Waals surface area contributed by atoms with E-state index in [9.17, 15) is 15.0 Å². The standard InChI is InChI=1S/C14H21NO4/c1-13(2,3)19-12(17)11(9-16)14(15,18)10-7-5-4-6-8-10/h4-8,11,16,18H,9,15H2,1-3H3/t11-,14-/m1/s1. The number of hydrogen-bond donors (Lipinski definition) is 3. The van der Waals surface area contributed by atoms with Gasteiger partial charge in [0.15, 0.2) is 5.72 Å². The maximum atomic E-state index is 12.0. The summed E-state index contributed by atoms with van der Waals surface area (Å²) in [5.74, 6) is -1.97. The zero-order chi connectivity index (χ0) is 14.7. The van der Waals surface area contributed by atoms with Crippen molar-refractivity contribution in [3.8, 4) is 0 Å². The van der Waals surface area contributed by atoms with E-state index in [0.29, 0.717) is 5.56 Å². The van der Waals surface area contributed by atoms with E-state index in [1.165, 1.54) is 0 Å². The van der Waals surface area contributed by atoms with Crippen LogP contribution in [0.3, 0.4) is 0 Å². The van der Waals surface area contributed by atoms with Crippen LogP contribution in [0.5, 0.6) is 0 Å². The molecule has 0 bridgehead atoms. The molecule has 0 radical (unpaired) electrons. The lowest BCUT2D eigenvalue weighted by Crippen LogP contribution is -2.50. The number of hydrogen-bond acceptors (Lipinski definition) is 5. The fourth-order valence-corrected chi connectivity index (χ4v) is 1.67. The van der Waals surface area contributed by atoms with Crippen molar-refractivity contribution < 1.29 is 19.7 Å². The van der Waals surface area contributed by atoms with E-state index >= 15 is 0 Å². The lowest BCUT2D eigenvalue weighted by atomic mass is 9.90. The number of rotatable bonds is 4. The molecule has 0 aliphatic carbocycles. The van der Waals surface area contributed by atoms with Gasteiger partial charge in [-0.25, -0.2) is 0 Å². The van der Waals surface area contributed by atoms with E-state index in [-0.39, 0.29) is 0 Å². The first-order chi connectivity index (χ1) is 8.68. The lowest BCUT2D eigenvalue weighted by Gasteiger charge is -2.32. The SMILES string of the molecule is CC(C)(C)OC(=O)[C@@H](CO)[C@](N)(O)c1ccccc1. The zero-order valence-electron chi connectivity index (χ0n) is 11.5. The van der Waals surface area contributed by atoms with Crippen molar-refractivity contribution in [1.29, 1.82) is 0 Å². The summed E-state index contributed by atoms with van der Waals surface area (Å²) in [5, 5.41) is 19.7. The number of aliphatic hydroxyl groups excluding tert-OH is 1. The molecule has 0 saturated carbocycles. The molecular weight excluding hydrogens is 246 g/mol. The fourth-order valence-electron chi connectivity index (χ4n) is 1.67. The number of aliphatic hydroxyl groups is 2. The van der Waals surface area contributed by atoms with Crippen molar-refractivity contribution in [1.82, 2.24) is 0 Å². The highest BCUT2D eigenvalue weighted by Gasteiger charge is 2.41. The van der Waals surface area contributed by atoms with E-state index in [1.807, 2.05) is 0 Å². The van der Waals surface area contributed by atoms with Crippen molar-refractivity contribution in [3.63, 3.8) is 0 Å². The van der Waals surface area contributed by atoms with Gasteiger partial charge in [0.05, 0.1) is 6.61 Å². The van der Waals surface area contributed by atoms with Gasteiger partial charge in [0.2, 0.25) is 0 Å². The van der Waals surface area contributed by atoms with E-state index < -0.39 is 29.8 Å². The van der Waals surface area contributed by atoms with Crippen molar-refractivity contribution in [2.75, 3.05) is 6.61 Å². The number of nitrogens with two attached hydrogens (primary N) is 1. The summed E-state index contributed by atoms with van der Waals surface area (Å²) in [5.41, 5.74) is 3.47. The van der Waals surface area contributed by atoms with Gasteiger partial charge in [-0.2, -0.15) is 0 Å². The maximum Gasteiger partial charge on any atom is 0.316 e. The quantitative estimate of drug-likeness (QED) is 0.552. The first kappa shape index (κ1) is 15.6. The maximum absolute atomic E-state index is 12.0. The molecule has 0 heterocycles. The molecule has 4 N–H and O–H groups in total. The summed E-state index contributed by atoms with van der Waals surface area (Å²) in [6, 6.07) is 8.33. The summed E-state index contributed by atoms with van der Waals surface area (Å²) < 4.78 is 5.16. The first-order valence-electron chi connectivity index (χ1n) is 6.09. The molecule has 0 amide bonds. The second-order valence-electron chi connectivity index (χ2n) is 5.46. The van der Waals surface area contributed by atoms with Crippen LogP contribution in [0, 0.1) is 5.92 Å². The van der Waals surface area contributed by atoms with Crippen molar-refractivity contribution in [2.45, 2.75) is 32.1 Å². The second kappa shape index (κ2) is 5.69. The number of carbonyl (C=O) groups excluding carboxylic acids is 1. The van der Waals surface area contributed by atoms with E-state index in [1.54, 1.807) is 51.1 Å². The van der Waals surface area contributed by atoms with Crippen LogP contribution in [0.15, 0.2) is 30.3 Å². The summed E-state index contributed by atoms with van der Waals surface area (Å²) in [6.45, 7) is 4.52. The molecule has 106 valence electrons. The predicted octanol–water partition coefficient (Wildman–Crippen LogP) is 0.741. The van der Waals surface area contributed by atoms with Gasteiger partial charge >= 0.3 is 5.97 Å². The van der Waals surface area contributed by atoms with Gasteiger partial charge in [-0.05, 0) is 26.3 Å². The average Bonchev–Trinajstić information content (AvgIpc) is 2.28. The second-order valence-corrected chi connectivity index (χ2v) is 5.46. The number of esters is 1. The minimum atomic E-state index is -1.97. The molecule has 19 heavy (non-hydrogen) atoms. The monoisotopic (exact) mass is 267 g/mol. The molecular formula is C14H21NO4. The molecule has 1 aromatic rings. The van der Waals surface area contributed by atoms with Crippen molar-refractivity contribution in [3.05, 3.63) is 35.9 Å². The van der Waals surface area contributed by atoms with Gasteiger partial charge in [0.1, 0.15) is 11.5 Å². The van der Waals surface area contributed by atoms with Gasteiger partial charge in [0, 0.05) is 0 Å². The van der Waals surface area contributed by atoms with Crippen LogP contribution in [0.4, 0.5) is 0 Å². The summed E-state index contributed by atoms with van der Waals surface area (Å²) in [7, 11) is 0. The Bertz CT molecular complexity index is 423. The Kier molecular flexibility index (Phi) is 4.68. The smallest absolute Gasteiger partial charge is 0.316 e. The first-order valence-corrected chi connectivity index (χ1v) is 6.09. The Balaban J connectivity index is 2.99. The number of carbonyl (C=O) groups is 1. The summed E-state index contributed by atoms with van der Waals surface area (Å²) in [4.78, 5) is 12.0. The molecule has 0 saturated heterocycles. The third-order valence-corrected chi connectivity index (χ3v) is 2.64. The van der Waals surface area contributed by atoms with E-state index in [0.717, 1.165) is 0 Å². The topological polar surface area (TPSA) is 92.8 Å². The number of benzene rings is 1. The largest absolute Gasteiger partial charge is 0.460 e. The van der Waals surface area contributed by atoms with Crippen LogP contribution in [0.2, 0.25) is 0 Å². The Morgan fingerprint density at radius 2 is 1.84 bits per heavy atom.